The van der Waals surface area contributed by atoms with Crippen LogP contribution in [-0.4, -0.2) is 23.3 Å². The summed E-state index contributed by atoms with van der Waals surface area (Å²) < 4.78 is 0. The van der Waals surface area contributed by atoms with Crippen molar-refractivity contribution in [2.24, 2.45) is 5.92 Å². The fourth-order valence-corrected chi connectivity index (χ4v) is 12.9. The molecule has 57 heavy (non-hydrogen) atoms. The Labute approximate surface area is 355 Å². The third-order valence-corrected chi connectivity index (χ3v) is 16.4. The number of nitrogens with zero attached hydrogens (tertiary/aromatic N) is 1. The number of thiophene rings is 3. The summed E-state index contributed by atoms with van der Waals surface area (Å²) in [5.41, 5.74) is 8.41. The molecule has 0 saturated heterocycles. The minimum Gasteiger partial charge on any atom is -0.274 e. The second-order valence-electron chi connectivity index (χ2n) is 16.7. The number of unbranched alkanes of at least 4 members (excludes halogenated alkanes) is 11. The molecular formula is C51H63NO2S3. The van der Waals surface area contributed by atoms with Crippen molar-refractivity contribution in [1.82, 2.24) is 4.90 Å². The van der Waals surface area contributed by atoms with E-state index in [9.17, 15) is 9.59 Å². The highest BCUT2D eigenvalue weighted by Crippen LogP contribution is 2.56. The standard InChI is InChI=1S/C51H63NO2S3/c1-5-9-12-14-16-20-31-51(32-21-17-15-13-10-6-2)40-25-19-18-24-38(40)39-28-27-37(34-41(39)51)42-29-30-44(56-42)48-46-45(47(57-48)43-26-22-33-55-43)49(53)52(50(46)54)35-36(8-4)23-11-7-3/h18-19,22,24-30,33-34,36H,5-17,20-21,23,31-32,35H2,1-4H3. The van der Waals surface area contributed by atoms with Gasteiger partial charge in [-0.1, -0.05) is 166 Å². The molecule has 4 heterocycles. The van der Waals surface area contributed by atoms with Crippen LogP contribution >= 0.6 is 34.0 Å². The van der Waals surface area contributed by atoms with Crippen LogP contribution in [0.5, 0.6) is 0 Å². The summed E-state index contributed by atoms with van der Waals surface area (Å²) in [4.78, 5) is 35.3. The van der Waals surface area contributed by atoms with Gasteiger partial charge in [0.2, 0.25) is 0 Å². The monoisotopic (exact) mass is 817 g/mol. The number of hydrogen-bond acceptors (Lipinski definition) is 5. The van der Waals surface area contributed by atoms with Gasteiger partial charge in [0.15, 0.2) is 0 Å². The highest BCUT2D eigenvalue weighted by atomic mass is 32.1. The van der Waals surface area contributed by atoms with Gasteiger partial charge < -0.3 is 0 Å². The Balaban J connectivity index is 1.23. The minimum absolute atomic E-state index is 0.0332. The van der Waals surface area contributed by atoms with E-state index in [0.717, 1.165) is 45.2 Å². The molecule has 1 unspecified atom stereocenters. The summed E-state index contributed by atoms with van der Waals surface area (Å²) in [6.45, 7) is 9.49. The molecule has 3 nitrogen and oxygen atoms in total. The summed E-state index contributed by atoms with van der Waals surface area (Å²) in [5, 5.41) is 2.06. The van der Waals surface area contributed by atoms with Gasteiger partial charge in [-0.15, -0.1) is 34.0 Å². The Hall–Kier alpha value is -3.32. The van der Waals surface area contributed by atoms with Crippen LogP contribution in [0.15, 0.2) is 72.1 Å². The third-order valence-electron chi connectivity index (χ3n) is 12.9. The van der Waals surface area contributed by atoms with E-state index >= 15 is 0 Å². The van der Waals surface area contributed by atoms with Crippen LogP contribution in [-0.2, 0) is 5.41 Å². The summed E-state index contributed by atoms with van der Waals surface area (Å²) in [6, 6.07) is 25.1. The maximum absolute atomic E-state index is 14.3. The Bertz CT molecular complexity index is 2090. The summed E-state index contributed by atoms with van der Waals surface area (Å²) in [7, 11) is 0. The average Bonchev–Trinajstić information content (AvgIpc) is 4.08. The fourth-order valence-electron chi connectivity index (χ4n) is 9.60. The van der Waals surface area contributed by atoms with Gasteiger partial charge in [-0.2, -0.15) is 0 Å². The number of carbonyl (C=O) groups excluding carboxylic acids is 2. The molecule has 0 radical (unpaired) electrons. The molecule has 1 aliphatic heterocycles. The molecule has 0 fully saturated rings. The van der Waals surface area contributed by atoms with E-state index in [1.165, 1.54) is 123 Å². The highest BCUT2D eigenvalue weighted by molar-refractivity contribution is 7.27. The van der Waals surface area contributed by atoms with Crippen molar-refractivity contribution in [3.8, 4) is 41.1 Å². The smallest absolute Gasteiger partial charge is 0.263 e. The molecule has 3 aromatic heterocycles. The predicted molar refractivity (Wildman–Crippen MR) is 247 cm³/mol. The molecule has 2 amide bonds. The number of rotatable bonds is 23. The van der Waals surface area contributed by atoms with Crippen LogP contribution in [0.3, 0.4) is 0 Å². The maximum Gasteiger partial charge on any atom is 0.263 e. The summed E-state index contributed by atoms with van der Waals surface area (Å²) in [6.07, 6.45) is 22.4. The first-order chi connectivity index (χ1) is 27.9. The SMILES string of the molecule is CCCCCCCCC1(CCCCCCCC)c2ccccc2-c2ccc(-c3ccc(-c4sc(-c5cccs5)c5c4C(=O)N(CC(CC)CCCC)C5=O)s3)cc21. The number of benzene rings is 2. The summed E-state index contributed by atoms with van der Waals surface area (Å²) in [5.74, 6) is 0.101. The number of imide groups is 1. The maximum atomic E-state index is 14.3. The van der Waals surface area contributed by atoms with Gasteiger partial charge in [-0.05, 0) is 82.6 Å². The lowest BCUT2D eigenvalue weighted by Gasteiger charge is -2.33. The van der Waals surface area contributed by atoms with Gasteiger partial charge in [0.25, 0.3) is 11.8 Å². The van der Waals surface area contributed by atoms with Crippen molar-refractivity contribution < 1.29 is 9.59 Å². The third kappa shape index (κ3) is 8.70. The van der Waals surface area contributed by atoms with Crippen LogP contribution in [0.1, 0.15) is 175 Å². The molecule has 0 spiro atoms. The Morgan fingerprint density at radius 3 is 1.84 bits per heavy atom. The van der Waals surface area contributed by atoms with Gasteiger partial charge in [0.05, 0.1) is 20.9 Å². The molecule has 0 N–H and O–H groups in total. The van der Waals surface area contributed by atoms with E-state index in [1.54, 1.807) is 38.9 Å². The average molecular weight is 818 g/mol. The fraction of sp³-hybridized carbons (Fsp3) is 0.490. The second kappa shape index (κ2) is 19.6. The topological polar surface area (TPSA) is 37.4 Å². The zero-order valence-electron chi connectivity index (χ0n) is 34.9. The van der Waals surface area contributed by atoms with Crippen LogP contribution < -0.4 is 0 Å². The quantitative estimate of drug-likeness (QED) is 0.0486. The molecule has 7 rings (SSSR count). The second-order valence-corrected chi connectivity index (χ2v) is 19.8. The Morgan fingerprint density at radius 1 is 0.579 bits per heavy atom. The molecule has 5 aromatic rings. The van der Waals surface area contributed by atoms with E-state index in [1.807, 2.05) is 6.07 Å². The molecule has 1 aliphatic carbocycles. The molecule has 2 aromatic carbocycles. The first kappa shape index (κ1) is 41.8. The molecule has 2 aliphatic rings. The van der Waals surface area contributed by atoms with Crippen molar-refractivity contribution in [2.75, 3.05) is 6.54 Å². The number of fused-ring (bicyclic) bond motifs is 4. The lowest BCUT2D eigenvalue weighted by Crippen LogP contribution is -2.34. The van der Waals surface area contributed by atoms with Crippen molar-refractivity contribution in [2.45, 2.75) is 149 Å². The van der Waals surface area contributed by atoms with Crippen LogP contribution in [0.2, 0.25) is 0 Å². The van der Waals surface area contributed by atoms with E-state index in [2.05, 4.69) is 93.7 Å². The van der Waals surface area contributed by atoms with Crippen molar-refractivity contribution in [1.29, 1.82) is 0 Å². The lowest BCUT2D eigenvalue weighted by atomic mass is 9.70. The van der Waals surface area contributed by atoms with Gasteiger partial charge >= 0.3 is 0 Å². The van der Waals surface area contributed by atoms with Crippen molar-refractivity contribution >= 4 is 45.8 Å². The molecule has 302 valence electrons. The van der Waals surface area contributed by atoms with Crippen molar-refractivity contribution in [3.63, 3.8) is 0 Å². The molecule has 0 saturated carbocycles. The minimum atomic E-state index is -0.113. The molecule has 0 bridgehead atoms. The van der Waals surface area contributed by atoms with E-state index in [4.69, 9.17) is 0 Å². The molecule has 6 heteroatoms. The van der Waals surface area contributed by atoms with Crippen LogP contribution in [0.25, 0.3) is 41.1 Å². The van der Waals surface area contributed by atoms with E-state index in [0.29, 0.717) is 23.6 Å². The van der Waals surface area contributed by atoms with Crippen LogP contribution in [0.4, 0.5) is 0 Å². The largest absolute Gasteiger partial charge is 0.274 e. The normalized spacial score (nSPS) is 14.7. The first-order valence-electron chi connectivity index (χ1n) is 22.4. The van der Waals surface area contributed by atoms with Crippen LogP contribution in [0, 0.1) is 5.92 Å². The molecule has 1 atom stereocenters. The van der Waals surface area contributed by atoms with E-state index < -0.39 is 0 Å². The van der Waals surface area contributed by atoms with E-state index in [-0.39, 0.29) is 17.2 Å². The number of carbonyl (C=O) groups is 2. The zero-order chi connectivity index (χ0) is 39.8. The van der Waals surface area contributed by atoms with Gasteiger partial charge in [0, 0.05) is 26.6 Å². The highest BCUT2D eigenvalue weighted by Gasteiger charge is 2.44. The number of amides is 2. The summed E-state index contributed by atoms with van der Waals surface area (Å²) >= 11 is 5.04. The first-order valence-corrected chi connectivity index (χ1v) is 24.9. The van der Waals surface area contributed by atoms with Gasteiger partial charge in [0.1, 0.15) is 0 Å². The Morgan fingerprint density at radius 2 is 1.19 bits per heavy atom. The Kier molecular flexibility index (Phi) is 14.4. The molecular weight excluding hydrogens is 755 g/mol. The number of hydrogen-bond donors (Lipinski definition) is 0. The lowest BCUT2D eigenvalue weighted by molar-refractivity contribution is 0.0624. The van der Waals surface area contributed by atoms with Crippen molar-refractivity contribution in [3.05, 3.63) is 94.4 Å². The predicted octanol–water partition coefficient (Wildman–Crippen LogP) is 16.5. The van der Waals surface area contributed by atoms with Gasteiger partial charge in [-0.3, -0.25) is 14.5 Å². The zero-order valence-corrected chi connectivity index (χ0v) is 37.4. The van der Waals surface area contributed by atoms with Gasteiger partial charge in [-0.25, -0.2) is 0 Å².